The molecule has 6 nitrogen and oxygen atoms in total. The minimum atomic E-state index is -0.173. The average molecular weight is 469 g/mol. The first kappa shape index (κ1) is 23.4. The van der Waals surface area contributed by atoms with Crippen LogP contribution in [-0.4, -0.2) is 46.3 Å². The van der Waals surface area contributed by atoms with Crippen molar-refractivity contribution in [1.82, 2.24) is 20.4 Å². The number of carbonyl (C=O) groups is 1. The van der Waals surface area contributed by atoms with Crippen molar-refractivity contribution >= 4 is 17.7 Å². The highest BCUT2D eigenvalue weighted by atomic mass is 32.2. The minimum Gasteiger partial charge on any atom is -0.355 e. The van der Waals surface area contributed by atoms with Gasteiger partial charge >= 0.3 is 0 Å². The summed E-state index contributed by atoms with van der Waals surface area (Å²) in [5.74, 6) is 2.55. The molecule has 3 aromatic rings. The maximum absolute atomic E-state index is 13.6. The molecular weight excluding hydrogens is 439 g/mol. The van der Waals surface area contributed by atoms with Crippen LogP contribution in [0.3, 0.4) is 0 Å². The Balaban J connectivity index is 1.15. The minimum absolute atomic E-state index is 0.0309. The molecule has 1 aliphatic heterocycles. The van der Waals surface area contributed by atoms with Gasteiger partial charge in [-0.15, -0.1) is 0 Å². The predicted molar refractivity (Wildman–Crippen MR) is 128 cm³/mol. The molecule has 1 amide bonds. The van der Waals surface area contributed by atoms with Gasteiger partial charge in [-0.1, -0.05) is 47.1 Å². The summed E-state index contributed by atoms with van der Waals surface area (Å²) in [6.07, 6.45) is 1.63. The van der Waals surface area contributed by atoms with Crippen LogP contribution in [-0.2, 0) is 17.1 Å². The zero-order valence-electron chi connectivity index (χ0n) is 18.8. The maximum Gasteiger partial charge on any atom is 0.241 e. The van der Waals surface area contributed by atoms with Gasteiger partial charge in [-0.25, -0.2) is 4.39 Å². The Morgan fingerprint density at radius 3 is 2.82 bits per heavy atom. The van der Waals surface area contributed by atoms with Gasteiger partial charge in [0.2, 0.25) is 17.6 Å². The molecule has 2 aromatic carbocycles. The lowest BCUT2D eigenvalue weighted by Gasteiger charge is -2.30. The number of aryl methyl sites for hydroxylation is 1. The van der Waals surface area contributed by atoms with Crippen molar-refractivity contribution < 1.29 is 13.7 Å². The molecule has 1 fully saturated rings. The molecule has 4 rings (SSSR count). The van der Waals surface area contributed by atoms with Crippen molar-refractivity contribution in [2.24, 2.45) is 5.92 Å². The quantitative estimate of drug-likeness (QED) is 0.468. The van der Waals surface area contributed by atoms with Crippen LogP contribution in [0.5, 0.6) is 0 Å². The molecule has 0 unspecified atom stereocenters. The number of hydrogen-bond acceptors (Lipinski definition) is 6. The smallest absolute Gasteiger partial charge is 0.241 e. The Morgan fingerprint density at radius 1 is 1.21 bits per heavy atom. The number of nitrogens with zero attached hydrogens (tertiary/aromatic N) is 3. The number of likely N-dealkylation sites (tertiary alicyclic amines) is 1. The van der Waals surface area contributed by atoms with E-state index in [1.165, 1.54) is 6.07 Å². The average Bonchev–Trinajstić information content (AvgIpc) is 3.29. The Kier molecular flexibility index (Phi) is 8.12. The van der Waals surface area contributed by atoms with E-state index in [-0.39, 0.29) is 17.6 Å². The number of benzene rings is 2. The molecule has 0 saturated carbocycles. The molecule has 1 saturated heterocycles. The Labute approximate surface area is 197 Å². The van der Waals surface area contributed by atoms with Crippen LogP contribution in [0, 0.1) is 18.7 Å². The van der Waals surface area contributed by atoms with Crippen LogP contribution >= 0.6 is 11.8 Å². The lowest BCUT2D eigenvalue weighted by atomic mass is 9.96. The zero-order valence-corrected chi connectivity index (χ0v) is 19.6. The predicted octanol–water partition coefficient (Wildman–Crippen LogP) is 4.45. The number of piperidine rings is 1. The van der Waals surface area contributed by atoms with E-state index in [1.807, 2.05) is 37.3 Å². The molecule has 0 spiro atoms. The number of rotatable bonds is 9. The van der Waals surface area contributed by atoms with Crippen LogP contribution in [0.15, 0.2) is 53.1 Å². The summed E-state index contributed by atoms with van der Waals surface area (Å²) >= 11 is 1.63. The highest BCUT2D eigenvalue weighted by Crippen LogP contribution is 2.21. The molecular formula is C25H29FN4O2S. The monoisotopic (exact) mass is 468 g/mol. The Bertz CT molecular complexity index is 1070. The molecule has 1 aromatic heterocycles. The summed E-state index contributed by atoms with van der Waals surface area (Å²) in [5, 5.41) is 7.14. The fourth-order valence-electron chi connectivity index (χ4n) is 3.95. The van der Waals surface area contributed by atoms with E-state index in [1.54, 1.807) is 23.9 Å². The second kappa shape index (κ2) is 11.4. The maximum atomic E-state index is 13.6. The molecule has 0 radical (unpaired) electrons. The van der Waals surface area contributed by atoms with E-state index in [2.05, 4.69) is 20.4 Å². The molecule has 0 atom stereocenters. The van der Waals surface area contributed by atoms with Crippen LogP contribution in [0.2, 0.25) is 0 Å². The van der Waals surface area contributed by atoms with Gasteiger partial charge in [0.25, 0.3) is 0 Å². The first-order chi connectivity index (χ1) is 16.1. The fourth-order valence-corrected chi connectivity index (χ4v) is 4.80. The summed E-state index contributed by atoms with van der Waals surface area (Å²) in [7, 11) is 0. The van der Waals surface area contributed by atoms with E-state index in [0.29, 0.717) is 36.1 Å². The molecule has 33 heavy (non-hydrogen) atoms. The Hall–Kier alpha value is -2.71. The van der Waals surface area contributed by atoms with Gasteiger partial charge in [-0.2, -0.15) is 16.7 Å². The third-order valence-electron chi connectivity index (χ3n) is 5.82. The van der Waals surface area contributed by atoms with Crippen molar-refractivity contribution in [1.29, 1.82) is 0 Å². The van der Waals surface area contributed by atoms with Crippen LogP contribution in [0.4, 0.5) is 4.39 Å². The second-order valence-electron chi connectivity index (χ2n) is 8.37. The van der Waals surface area contributed by atoms with E-state index >= 15 is 0 Å². The fraction of sp³-hybridized carbons (Fsp3) is 0.400. The van der Waals surface area contributed by atoms with Crippen molar-refractivity contribution in [2.75, 3.05) is 25.4 Å². The third-order valence-corrected chi connectivity index (χ3v) is 6.83. The standard InChI is InChI=1S/C25H29FN4O2S/c1-18-5-4-7-20(15-18)24-28-23(32-29-24)16-30-12-9-19(10-13-30)25(31)27-11-14-33-17-21-6-2-3-8-22(21)26/h2-8,15,19H,9-14,16-17H2,1H3,(H,27,31). The summed E-state index contributed by atoms with van der Waals surface area (Å²) in [5.41, 5.74) is 2.81. The number of nitrogens with one attached hydrogen (secondary N) is 1. The molecule has 1 aliphatic rings. The number of carbonyl (C=O) groups excluding carboxylic acids is 1. The molecule has 174 valence electrons. The SMILES string of the molecule is Cc1cccc(-c2noc(CN3CCC(C(=O)NCCSCc4ccccc4F)CC3)n2)c1. The van der Waals surface area contributed by atoms with Gasteiger partial charge in [0.05, 0.1) is 6.54 Å². The highest BCUT2D eigenvalue weighted by molar-refractivity contribution is 7.98. The number of hydrogen-bond donors (Lipinski definition) is 1. The number of aromatic nitrogens is 2. The van der Waals surface area contributed by atoms with Crippen LogP contribution in [0.1, 0.15) is 29.9 Å². The van der Waals surface area contributed by atoms with Crippen molar-refractivity contribution in [3.8, 4) is 11.4 Å². The van der Waals surface area contributed by atoms with Gasteiger partial charge < -0.3 is 9.84 Å². The van der Waals surface area contributed by atoms with E-state index in [4.69, 9.17) is 4.52 Å². The number of amides is 1. The number of thioether (sulfide) groups is 1. The summed E-state index contributed by atoms with van der Waals surface area (Å²) in [4.78, 5) is 19.3. The summed E-state index contributed by atoms with van der Waals surface area (Å²) < 4.78 is 19.1. The van der Waals surface area contributed by atoms with Gasteiger partial charge in [-0.05, 0) is 50.6 Å². The van der Waals surface area contributed by atoms with Crippen molar-refractivity contribution in [3.63, 3.8) is 0 Å². The van der Waals surface area contributed by atoms with Crippen molar-refractivity contribution in [3.05, 3.63) is 71.4 Å². The van der Waals surface area contributed by atoms with Gasteiger partial charge in [-0.3, -0.25) is 9.69 Å². The van der Waals surface area contributed by atoms with E-state index in [9.17, 15) is 9.18 Å². The normalized spacial score (nSPS) is 15.0. The molecule has 2 heterocycles. The number of halogens is 1. The molecule has 1 N–H and O–H groups in total. The van der Waals surface area contributed by atoms with E-state index in [0.717, 1.165) is 42.8 Å². The van der Waals surface area contributed by atoms with Gasteiger partial charge in [0.1, 0.15) is 5.82 Å². The summed E-state index contributed by atoms with van der Waals surface area (Å²) in [6, 6.07) is 14.8. The highest BCUT2D eigenvalue weighted by Gasteiger charge is 2.25. The largest absolute Gasteiger partial charge is 0.355 e. The lowest BCUT2D eigenvalue weighted by molar-refractivity contribution is -0.126. The topological polar surface area (TPSA) is 71.3 Å². The molecule has 8 heteroatoms. The van der Waals surface area contributed by atoms with Gasteiger partial charge in [0, 0.05) is 29.5 Å². The lowest BCUT2D eigenvalue weighted by Crippen LogP contribution is -2.40. The zero-order chi connectivity index (χ0) is 23.0. The summed E-state index contributed by atoms with van der Waals surface area (Å²) in [6.45, 7) is 4.88. The Morgan fingerprint density at radius 2 is 2.03 bits per heavy atom. The van der Waals surface area contributed by atoms with E-state index < -0.39 is 0 Å². The molecule has 0 bridgehead atoms. The second-order valence-corrected chi connectivity index (χ2v) is 9.47. The van der Waals surface area contributed by atoms with Crippen LogP contribution < -0.4 is 5.32 Å². The molecule has 0 aliphatic carbocycles. The van der Waals surface area contributed by atoms with Crippen molar-refractivity contribution in [2.45, 2.75) is 32.1 Å². The third kappa shape index (κ3) is 6.65. The van der Waals surface area contributed by atoms with Gasteiger partial charge in [0.15, 0.2) is 0 Å². The van der Waals surface area contributed by atoms with Crippen LogP contribution in [0.25, 0.3) is 11.4 Å². The first-order valence-electron chi connectivity index (χ1n) is 11.3. The first-order valence-corrected chi connectivity index (χ1v) is 12.4.